The first kappa shape index (κ1) is 14.3. The van der Waals surface area contributed by atoms with Gasteiger partial charge in [0.2, 0.25) is 0 Å². The molecule has 1 aliphatic carbocycles. The lowest BCUT2D eigenvalue weighted by molar-refractivity contribution is -0.179. The molecule has 3 rings (SSSR count). The maximum atomic E-state index is 13.1. The van der Waals surface area contributed by atoms with Crippen molar-refractivity contribution in [2.75, 3.05) is 13.2 Å². The lowest BCUT2D eigenvalue weighted by Crippen LogP contribution is -2.41. The Morgan fingerprint density at radius 3 is 2.60 bits per heavy atom. The molecular formula is C15H19ClFNO2. The Balaban J connectivity index is 1.49. The van der Waals surface area contributed by atoms with Gasteiger partial charge in [0.1, 0.15) is 5.82 Å². The van der Waals surface area contributed by atoms with Crippen molar-refractivity contribution in [2.45, 2.75) is 44.1 Å². The molecular weight excluding hydrogens is 281 g/mol. The van der Waals surface area contributed by atoms with E-state index < -0.39 is 0 Å². The van der Waals surface area contributed by atoms with Crippen LogP contribution in [0.2, 0.25) is 5.02 Å². The molecule has 0 amide bonds. The summed E-state index contributed by atoms with van der Waals surface area (Å²) >= 11 is 5.78. The second kappa shape index (κ2) is 5.98. The zero-order valence-electron chi connectivity index (χ0n) is 11.3. The van der Waals surface area contributed by atoms with Gasteiger partial charge in [-0.3, -0.25) is 0 Å². The first-order valence-corrected chi connectivity index (χ1v) is 7.50. The Labute approximate surface area is 123 Å². The van der Waals surface area contributed by atoms with Gasteiger partial charge >= 0.3 is 0 Å². The molecule has 20 heavy (non-hydrogen) atoms. The Kier molecular flexibility index (Phi) is 4.26. The van der Waals surface area contributed by atoms with E-state index >= 15 is 0 Å². The molecule has 5 heteroatoms. The normalized spacial score (nSPS) is 22.5. The number of benzene rings is 1. The predicted molar refractivity (Wildman–Crippen MR) is 75.1 cm³/mol. The monoisotopic (exact) mass is 299 g/mol. The number of ether oxygens (including phenoxy) is 2. The minimum Gasteiger partial charge on any atom is -0.348 e. The topological polar surface area (TPSA) is 30.5 Å². The van der Waals surface area contributed by atoms with E-state index in [1.54, 1.807) is 12.1 Å². The SMILES string of the molecule is Fc1ccc(CNC2CCC3(CC2)OCCO3)cc1Cl. The highest BCUT2D eigenvalue weighted by molar-refractivity contribution is 6.30. The Morgan fingerprint density at radius 2 is 1.95 bits per heavy atom. The second-order valence-electron chi connectivity index (χ2n) is 5.51. The van der Waals surface area contributed by atoms with Gasteiger partial charge in [0, 0.05) is 25.4 Å². The van der Waals surface area contributed by atoms with Crippen LogP contribution in [0, 0.1) is 5.82 Å². The van der Waals surface area contributed by atoms with Gasteiger partial charge in [-0.2, -0.15) is 0 Å². The fraction of sp³-hybridized carbons (Fsp3) is 0.600. The number of halogens is 2. The maximum absolute atomic E-state index is 13.1. The van der Waals surface area contributed by atoms with Crippen LogP contribution in [0.1, 0.15) is 31.2 Å². The van der Waals surface area contributed by atoms with Crippen molar-refractivity contribution in [1.82, 2.24) is 5.32 Å². The van der Waals surface area contributed by atoms with E-state index in [0.717, 1.165) is 31.2 Å². The molecule has 2 fully saturated rings. The molecule has 0 aromatic heterocycles. The van der Waals surface area contributed by atoms with Gasteiger partial charge in [0.15, 0.2) is 5.79 Å². The Morgan fingerprint density at radius 1 is 1.25 bits per heavy atom. The van der Waals surface area contributed by atoms with Gasteiger partial charge in [0.25, 0.3) is 0 Å². The van der Waals surface area contributed by atoms with Crippen LogP contribution in [0.15, 0.2) is 18.2 Å². The van der Waals surface area contributed by atoms with Crippen molar-refractivity contribution in [1.29, 1.82) is 0 Å². The van der Waals surface area contributed by atoms with Crippen molar-refractivity contribution < 1.29 is 13.9 Å². The zero-order chi connectivity index (χ0) is 14.0. The van der Waals surface area contributed by atoms with Crippen molar-refractivity contribution in [3.63, 3.8) is 0 Å². The Bertz CT molecular complexity index is 467. The molecule has 0 unspecified atom stereocenters. The summed E-state index contributed by atoms with van der Waals surface area (Å²) in [5.41, 5.74) is 1.00. The van der Waals surface area contributed by atoms with E-state index in [1.807, 2.05) is 0 Å². The zero-order valence-corrected chi connectivity index (χ0v) is 12.1. The van der Waals surface area contributed by atoms with E-state index in [0.29, 0.717) is 25.8 Å². The molecule has 1 heterocycles. The molecule has 1 N–H and O–H groups in total. The molecule has 1 aromatic carbocycles. The van der Waals surface area contributed by atoms with Crippen LogP contribution in [0.25, 0.3) is 0 Å². The molecule has 0 atom stereocenters. The summed E-state index contributed by atoms with van der Waals surface area (Å²) in [5.74, 6) is -0.678. The van der Waals surface area contributed by atoms with Gasteiger partial charge < -0.3 is 14.8 Å². The van der Waals surface area contributed by atoms with Crippen LogP contribution in [-0.4, -0.2) is 25.0 Å². The molecule has 1 saturated carbocycles. The molecule has 0 radical (unpaired) electrons. The number of hydrogen-bond donors (Lipinski definition) is 1. The van der Waals surface area contributed by atoms with Crippen molar-refractivity contribution >= 4 is 11.6 Å². The van der Waals surface area contributed by atoms with Gasteiger partial charge in [-0.1, -0.05) is 17.7 Å². The average Bonchev–Trinajstić information content (AvgIpc) is 2.90. The number of nitrogens with one attached hydrogen (secondary N) is 1. The molecule has 3 nitrogen and oxygen atoms in total. The lowest BCUT2D eigenvalue weighted by Gasteiger charge is -2.35. The highest BCUT2D eigenvalue weighted by atomic mass is 35.5. The smallest absolute Gasteiger partial charge is 0.168 e. The fourth-order valence-electron chi connectivity index (χ4n) is 2.96. The molecule has 110 valence electrons. The summed E-state index contributed by atoms with van der Waals surface area (Å²) in [6, 6.07) is 5.31. The van der Waals surface area contributed by atoms with Crippen LogP contribution in [-0.2, 0) is 16.0 Å². The van der Waals surface area contributed by atoms with E-state index in [-0.39, 0.29) is 16.6 Å². The molecule has 1 spiro atoms. The highest BCUT2D eigenvalue weighted by Gasteiger charge is 2.40. The van der Waals surface area contributed by atoms with Gasteiger partial charge in [0.05, 0.1) is 18.2 Å². The third-order valence-corrected chi connectivity index (χ3v) is 4.43. The van der Waals surface area contributed by atoms with Crippen LogP contribution in [0.4, 0.5) is 4.39 Å². The summed E-state index contributed by atoms with van der Waals surface area (Å²) < 4.78 is 24.5. The van der Waals surface area contributed by atoms with Crippen molar-refractivity contribution in [2.24, 2.45) is 0 Å². The lowest BCUT2D eigenvalue weighted by atomic mass is 9.90. The predicted octanol–water partition coefficient (Wildman–Crippen LogP) is 3.25. The quantitative estimate of drug-likeness (QED) is 0.929. The van der Waals surface area contributed by atoms with Crippen LogP contribution in [0.5, 0.6) is 0 Å². The first-order chi connectivity index (χ1) is 9.67. The van der Waals surface area contributed by atoms with Gasteiger partial charge in [-0.25, -0.2) is 4.39 Å². The van der Waals surface area contributed by atoms with E-state index in [4.69, 9.17) is 21.1 Å². The highest BCUT2D eigenvalue weighted by Crippen LogP contribution is 2.35. The molecule has 1 aliphatic heterocycles. The molecule has 1 aromatic rings. The molecule has 0 bridgehead atoms. The summed E-state index contributed by atoms with van der Waals surface area (Å²) in [5, 5.41) is 3.68. The van der Waals surface area contributed by atoms with Crippen LogP contribution >= 0.6 is 11.6 Å². The largest absolute Gasteiger partial charge is 0.348 e. The number of hydrogen-bond acceptors (Lipinski definition) is 3. The summed E-state index contributed by atoms with van der Waals surface area (Å²) in [6.07, 6.45) is 3.95. The van der Waals surface area contributed by atoms with E-state index in [2.05, 4.69) is 5.32 Å². The minimum absolute atomic E-state index is 0.180. The third kappa shape index (κ3) is 3.14. The van der Waals surface area contributed by atoms with Gasteiger partial charge in [-0.15, -0.1) is 0 Å². The third-order valence-electron chi connectivity index (χ3n) is 4.14. The van der Waals surface area contributed by atoms with Crippen molar-refractivity contribution in [3.8, 4) is 0 Å². The summed E-state index contributed by atoms with van der Waals surface area (Å²) in [4.78, 5) is 0. The minimum atomic E-state index is -0.370. The van der Waals surface area contributed by atoms with Crippen LogP contribution in [0.3, 0.4) is 0 Å². The molecule has 1 saturated heterocycles. The summed E-state index contributed by atoms with van der Waals surface area (Å²) in [6.45, 7) is 2.14. The van der Waals surface area contributed by atoms with Crippen LogP contribution < -0.4 is 5.32 Å². The first-order valence-electron chi connectivity index (χ1n) is 7.12. The summed E-state index contributed by atoms with van der Waals surface area (Å²) in [7, 11) is 0. The molecule has 2 aliphatic rings. The van der Waals surface area contributed by atoms with Crippen molar-refractivity contribution in [3.05, 3.63) is 34.6 Å². The Hall–Kier alpha value is -0.680. The average molecular weight is 300 g/mol. The second-order valence-corrected chi connectivity index (χ2v) is 5.92. The maximum Gasteiger partial charge on any atom is 0.168 e. The number of rotatable bonds is 3. The standard InChI is InChI=1S/C15H19ClFNO2/c16-13-9-11(1-2-14(13)17)10-18-12-3-5-15(6-4-12)19-7-8-20-15/h1-2,9,12,18H,3-8,10H2. The van der Waals surface area contributed by atoms with E-state index in [1.165, 1.54) is 6.07 Å². The fourth-order valence-corrected chi connectivity index (χ4v) is 3.16. The van der Waals surface area contributed by atoms with E-state index in [9.17, 15) is 4.39 Å². The van der Waals surface area contributed by atoms with Gasteiger partial charge in [-0.05, 0) is 30.5 Å².